The minimum atomic E-state index is -0.902. The molecule has 0 aliphatic rings. The van der Waals surface area contributed by atoms with Gasteiger partial charge >= 0.3 is 5.97 Å². The van der Waals surface area contributed by atoms with Crippen LogP contribution in [0.1, 0.15) is 27.2 Å². The maximum Gasteiger partial charge on any atom is 0.307 e. The maximum absolute atomic E-state index is 13.2. The fourth-order valence-electron chi connectivity index (χ4n) is 3.95. The van der Waals surface area contributed by atoms with Crippen LogP contribution in [-0.2, 0) is 17.6 Å². The van der Waals surface area contributed by atoms with E-state index < -0.39 is 5.97 Å². The molecule has 3 aromatic carbocycles. The van der Waals surface area contributed by atoms with Crippen LogP contribution in [0.2, 0.25) is 0 Å². The molecule has 6 nitrogen and oxygen atoms in total. The van der Waals surface area contributed by atoms with Gasteiger partial charge in [-0.2, -0.15) is 0 Å². The number of aliphatic carboxylic acids is 1. The van der Waals surface area contributed by atoms with Gasteiger partial charge in [0, 0.05) is 23.1 Å². The van der Waals surface area contributed by atoms with Crippen LogP contribution in [-0.4, -0.2) is 35.3 Å². The summed E-state index contributed by atoms with van der Waals surface area (Å²) in [6, 6.07) is 22.2. The number of carboxylic acid groups (broad SMARTS) is 1. The highest BCUT2D eigenvalue weighted by Crippen LogP contribution is 2.25. The number of ether oxygens (including phenoxy) is 2. The Labute approximate surface area is 192 Å². The molecule has 1 heterocycles. The molecule has 0 spiro atoms. The van der Waals surface area contributed by atoms with Crippen molar-refractivity contribution in [2.75, 3.05) is 13.7 Å². The number of hydrogen-bond donors (Lipinski definition) is 1. The van der Waals surface area contributed by atoms with Crippen molar-refractivity contribution in [1.29, 1.82) is 0 Å². The first-order valence-electron chi connectivity index (χ1n) is 10.7. The standard InChI is InChI=1S/C27H25NO5/c1-18-15-24-21(17-26(29)30)6-4-8-25(24)28(18)27(31)20-9-11-22(12-10-20)33-14-13-19-5-3-7-23(16-19)32-2/h3-12,15-16H,13-14,17H2,1-2H3,(H,29,30). The number of carbonyl (C=O) groups is 2. The van der Waals surface area contributed by atoms with Crippen molar-refractivity contribution in [3.63, 3.8) is 0 Å². The number of methoxy groups -OCH3 is 1. The van der Waals surface area contributed by atoms with Gasteiger partial charge < -0.3 is 14.6 Å². The third kappa shape index (κ3) is 4.90. The van der Waals surface area contributed by atoms with Gasteiger partial charge in [-0.15, -0.1) is 0 Å². The Morgan fingerprint density at radius 2 is 1.70 bits per heavy atom. The zero-order chi connectivity index (χ0) is 23.4. The molecule has 0 unspecified atom stereocenters. The summed E-state index contributed by atoms with van der Waals surface area (Å²) >= 11 is 0. The number of rotatable bonds is 8. The molecular weight excluding hydrogens is 418 g/mol. The van der Waals surface area contributed by atoms with Crippen LogP contribution in [0.15, 0.2) is 72.8 Å². The molecule has 0 radical (unpaired) electrons. The Bertz CT molecular complexity index is 1300. The topological polar surface area (TPSA) is 77.8 Å². The second kappa shape index (κ2) is 9.61. The lowest BCUT2D eigenvalue weighted by atomic mass is 10.1. The summed E-state index contributed by atoms with van der Waals surface area (Å²) in [5.74, 6) is 0.435. The van der Waals surface area contributed by atoms with Crippen LogP contribution in [0.4, 0.5) is 0 Å². The number of nitrogens with zero attached hydrogens (tertiary/aromatic N) is 1. The van der Waals surface area contributed by atoms with E-state index >= 15 is 0 Å². The third-order valence-electron chi connectivity index (χ3n) is 5.56. The summed E-state index contributed by atoms with van der Waals surface area (Å²) in [5.41, 5.74) is 3.80. The number of fused-ring (bicyclic) bond motifs is 1. The van der Waals surface area contributed by atoms with E-state index in [1.54, 1.807) is 48.1 Å². The van der Waals surface area contributed by atoms with Gasteiger partial charge in [-0.25, -0.2) is 0 Å². The Kier molecular flexibility index (Phi) is 6.45. The van der Waals surface area contributed by atoms with E-state index in [9.17, 15) is 14.7 Å². The SMILES string of the molecule is COc1cccc(CCOc2ccc(C(=O)n3c(C)cc4c(CC(=O)O)cccc43)cc2)c1. The number of carbonyl (C=O) groups excluding carboxylic acids is 1. The lowest BCUT2D eigenvalue weighted by Gasteiger charge is -2.10. The Hall–Kier alpha value is -4.06. The largest absolute Gasteiger partial charge is 0.497 e. The summed E-state index contributed by atoms with van der Waals surface area (Å²) < 4.78 is 12.7. The first-order chi connectivity index (χ1) is 16.0. The number of carboxylic acids is 1. The fourth-order valence-corrected chi connectivity index (χ4v) is 3.95. The summed E-state index contributed by atoms with van der Waals surface area (Å²) in [5, 5.41) is 9.96. The number of benzene rings is 3. The van der Waals surface area contributed by atoms with Crippen molar-refractivity contribution in [3.8, 4) is 11.5 Å². The third-order valence-corrected chi connectivity index (χ3v) is 5.56. The summed E-state index contributed by atoms with van der Waals surface area (Å²) in [6.07, 6.45) is 0.655. The molecular formula is C27H25NO5. The number of aromatic nitrogens is 1. The van der Waals surface area contributed by atoms with Crippen molar-refractivity contribution in [2.24, 2.45) is 0 Å². The van der Waals surface area contributed by atoms with Gasteiger partial charge in [0.05, 0.1) is 25.7 Å². The normalized spacial score (nSPS) is 10.8. The van der Waals surface area contributed by atoms with Gasteiger partial charge in [-0.3, -0.25) is 14.2 Å². The molecule has 1 N–H and O–H groups in total. The Morgan fingerprint density at radius 3 is 2.42 bits per heavy atom. The maximum atomic E-state index is 13.2. The highest BCUT2D eigenvalue weighted by Gasteiger charge is 2.17. The predicted molar refractivity (Wildman–Crippen MR) is 126 cm³/mol. The van der Waals surface area contributed by atoms with Crippen LogP contribution >= 0.6 is 0 Å². The first kappa shape index (κ1) is 22.1. The summed E-state index contributed by atoms with van der Waals surface area (Å²) in [6.45, 7) is 2.35. The van der Waals surface area contributed by atoms with Gasteiger partial charge in [0.25, 0.3) is 5.91 Å². The quantitative estimate of drug-likeness (QED) is 0.419. The van der Waals surface area contributed by atoms with Crippen LogP contribution < -0.4 is 9.47 Å². The van der Waals surface area contributed by atoms with Gasteiger partial charge in [0.1, 0.15) is 11.5 Å². The smallest absolute Gasteiger partial charge is 0.307 e. The molecule has 6 heteroatoms. The lowest BCUT2D eigenvalue weighted by Crippen LogP contribution is -2.13. The molecule has 0 saturated carbocycles. The van der Waals surface area contributed by atoms with Crippen LogP contribution in [0.25, 0.3) is 10.9 Å². The van der Waals surface area contributed by atoms with E-state index in [0.29, 0.717) is 29.0 Å². The molecule has 33 heavy (non-hydrogen) atoms. The average molecular weight is 443 g/mol. The monoisotopic (exact) mass is 443 g/mol. The predicted octanol–water partition coefficient (Wildman–Crippen LogP) is 4.90. The molecule has 0 atom stereocenters. The zero-order valence-electron chi connectivity index (χ0n) is 18.6. The minimum absolute atomic E-state index is 0.0865. The highest BCUT2D eigenvalue weighted by atomic mass is 16.5. The minimum Gasteiger partial charge on any atom is -0.497 e. The zero-order valence-corrected chi connectivity index (χ0v) is 18.6. The molecule has 4 aromatic rings. The van der Waals surface area contributed by atoms with Crippen LogP contribution in [0.3, 0.4) is 0 Å². The summed E-state index contributed by atoms with van der Waals surface area (Å²) in [7, 11) is 1.64. The van der Waals surface area contributed by atoms with E-state index in [-0.39, 0.29) is 12.3 Å². The second-order valence-electron chi connectivity index (χ2n) is 7.82. The molecule has 168 valence electrons. The van der Waals surface area contributed by atoms with Crippen molar-refractivity contribution in [3.05, 3.63) is 95.2 Å². The van der Waals surface area contributed by atoms with Gasteiger partial charge in [0.15, 0.2) is 0 Å². The van der Waals surface area contributed by atoms with Gasteiger partial charge in [-0.1, -0.05) is 24.3 Å². The van der Waals surface area contributed by atoms with Crippen LogP contribution in [0.5, 0.6) is 11.5 Å². The molecule has 0 fully saturated rings. The Morgan fingerprint density at radius 1 is 0.939 bits per heavy atom. The van der Waals surface area contributed by atoms with E-state index in [1.807, 2.05) is 43.3 Å². The van der Waals surface area contributed by atoms with E-state index in [1.165, 1.54) is 0 Å². The van der Waals surface area contributed by atoms with Crippen molar-refractivity contribution >= 4 is 22.8 Å². The van der Waals surface area contributed by atoms with Crippen molar-refractivity contribution in [1.82, 2.24) is 4.57 Å². The van der Waals surface area contributed by atoms with Gasteiger partial charge in [0.2, 0.25) is 0 Å². The Balaban J connectivity index is 1.48. The van der Waals surface area contributed by atoms with E-state index in [2.05, 4.69) is 0 Å². The number of aryl methyl sites for hydroxylation is 1. The van der Waals surface area contributed by atoms with E-state index in [4.69, 9.17) is 9.47 Å². The lowest BCUT2D eigenvalue weighted by molar-refractivity contribution is -0.136. The molecule has 4 rings (SSSR count). The summed E-state index contributed by atoms with van der Waals surface area (Å²) in [4.78, 5) is 24.4. The molecule has 0 aliphatic carbocycles. The van der Waals surface area contributed by atoms with Crippen molar-refractivity contribution in [2.45, 2.75) is 19.8 Å². The molecule has 1 aromatic heterocycles. The molecule has 0 amide bonds. The van der Waals surface area contributed by atoms with Crippen molar-refractivity contribution < 1.29 is 24.2 Å². The molecule has 0 aliphatic heterocycles. The first-order valence-corrected chi connectivity index (χ1v) is 10.7. The highest BCUT2D eigenvalue weighted by molar-refractivity contribution is 6.04. The molecule has 0 saturated heterocycles. The van der Waals surface area contributed by atoms with E-state index in [0.717, 1.165) is 28.8 Å². The second-order valence-corrected chi connectivity index (χ2v) is 7.82. The molecule has 0 bridgehead atoms. The van der Waals surface area contributed by atoms with Gasteiger partial charge in [-0.05, 0) is 66.6 Å². The average Bonchev–Trinajstić information content (AvgIpc) is 3.15. The van der Waals surface area contributed by atoms with Crippen LogP contribution in [0, 0.1) is 6.92 Å². The fraction of sp³-hybridized carbons (Fsp3) is 0.185. The number of hydrogen-bond acceptors (Lipinski definition) is 4.